The van der Waals surface area contributed by atoms with Gasteiger partial charge in [0.1, 0.15) is 0 Å². The van der Waals surface area contributed by atoms with Gasteiger partial charge in [-0.3, -0.25) is 4.79 Å². The summed E-state index contributed by atoms with van der Waals surface area (Å²) in [5.41, 5.74) is 0.753. The largest absolute Gasteiger partial charge is 0.294 e. The first-order valence-electron chi connectivity index (χ1n) is 4.19. The van der Waals surface area contributed by atoms with Gasteiger partial charge in [-0.2, -0.15) is 0 Å². The number of hydrogen-bond donors (Lipinski definition) is 0. The highest BCUT2D eigenvalue weighted by atomic mass is 79.9. The Morgan fingerprint density at radius 1 is 1.33 bits per heavy atom. The molecule has 1 aliphatic rings. The van der Waals surface area contributed by atoms with Crippen molar-refractivity contribution in [3.8, 4) is 0 Å². The molecule has 0 spiro atoms. The van der Waals surface area contributed by atoms with Crippen LogP contribution in [0.25, 0.3) is 5.57 Å². The lowest BCUT2D eigenvalue weighted by Gasteiger charge is -2.01. The molecule has 15 heavy (non-hydrogen) atoms. The Bertz CT molecular complexity index is 585. The van der Waals surface area contributed by atoms with E-state index in [1.165, 1.54) is 13.0 Å². The van der Waals surface area contributed by atoms with Crippen LogP contribution in [0.2, 0.25) is 0 Å². The minimum Gasteiger partial charge on any atom is -0.294 e. The molecule has 0 fully saturated rings. The zero-order valence-corrected chi connectivity index (χ0v) is 10.2. The Morgan fingerprint density at radius 3 is 2.60 bits per heavy atom. The van der Waals surface area contributed by atoms with E-state index in [-0.39, 0.29) is 16.3 Å². The van der Waals surface area contributed by atoms with Crippen LogP contribution >= 0.6 is 15.9 Å². The van der Waals surface area contributed by atoms with Gasteiger partial charge in [-0.25, -0.2) is 8.42 Å². The summed E-state index contributed by atoms with van der Waals surface area (Å²) in [7, 11) is -3.44. The first kappa shape index (κ1) is 10.6. The normalized spacial score (nSPS) is 17.1. The quantitative estimate of drug-likeness (QED) is 0.795. The van der Waals surface area contributed by atoms with Gasteiger partial charge < -0.3 is 0 Å². The molecule has 1 heterocycles. The lowest BCUT2D eigenvalue weighted by molar-refractivity contribution is -0.111. The zero-order valence-electron chi connectivity index (χ0n) is 7.82. The van der Waals surface area contributed by atoms with E-state index >= 15 is 0 Å². The highest BCUT2D eigenvalue weighted by Crippen LogP contribution is 2.35. The summed E-state index contributed by atoms with van der Waals surface area (Å²) in [6.07, 6.45) is 0. The minimum absolute atomic E-state index is 0.196. The number of fused-ring (bicyclic) bond motifs is 1. The van der Waals surface area contributed by atoms with Gasteiger partial charge in [-0.1, -0.05) is 22.0 Å². The molecule has 0 amide bonds. The average molecular weight is 287 g/mol. The van der Waals surface area contributed by atoms with Gasteiger partial charge in [-0.05, 0) is 19.1 Å². The molecule has 5 heteroatoms. The minimum atomic E-state index is -3.44. The summed E-state index contributed by atoms with van der Waals surface area (Å²) in [4.78, 5) is 11.4. The predicted octanol–water partition coefficient (Wildman–Crippen LogP) is 2.17. The molecule has 0 aromatic heterocycles. The lowest BCUT2D eigenvalue weighted by atomic mass is 10.1. The van der Waals surface area contributed by atoms with E-state index in [9.17, 15) is 13.2 Å². The molecule has 0 unspecified atom stereocenters. The first-order valence-corrected chi connectivity index (χ1v) is 6.53. The predicted molar refractivity (Wildman–Crippen MR) is 60.0 cm³/mol. The van der Waals surface area contributed by atoms with Crippen molar-refractivity contribution in [3.63, 3.8) is 0 Å². The Labute approximate surface area is 95.9 Å². The Morgan fingerprint density at radius 2 is 2.00 bits per heavy atom. The molecule has 1 aromatic rings. The molecule has 2 rings (SSSR count). The van der Waals surface area contributed by atoms with Gasteiger partial charge in [0.05, 0.1) is 4.90 Å². The zero-order chi connectivity index (χ0) is 11.2. The lowest BCUT2D eigenvalue weighted by Crippen LogP contribution is -1.94. The summed E-state index contributed by atoms with van der Waals surface area (Å²) in [6, 6.07) is 4.87. The van der Waals surface area contributed by atoms with Crippen LogP contribution in [0.15, 0.2) is 33.0 Å². The molecule has 0 saturated heterocycles. The number of sulfone groups is 1. The Kier molecular flexibility index (Phi) is 2.31. The van der Waals surface area contributed by atoms with E-state index in [0.717, 1.165) is 5.41 Å². The summed E-state index contributed by atoms with van der Waals surface area (Å²) in [5.74, 6) is -0.236. The van der Waals surface area contributed by atoms with Crippen molar-refractivity contribution >= 4 is 37.1 Å². The van der Waals surface area contributed by atoms with Crippen molar-refractivity contribution in [2.75, 3.05) is 0 Å². The van der Waals surface area contributed by atoms with Gasteiger partial charge in [0.2, 0.25) is 9.84 Å². The smallest absolute Gasteiger partial charge is 0.201 e. The van der Waals surface area contributed by atoms with Crippen LogP contribution in [0.1, 0.15) is 12.5 Å². The van der Waals surface area contributed by atoms with Crippen molar-refractivity contribution in [1.82, 2.24) is 0 Å². The fourth-order valence-corrected chi connectivity index (χ4v) is 3.53. The second-order valence-corrected chi connectivity index (χ2v) is 5.95. The number of carbonyl (C=O) groups excluding carboxylic acids is 1. The summed E-state index contributed by atoms with van der Waals surface area (Å²) in [5, 5.41) is 1.03. The van der Waals surface area contributed by atoms with Crippen molar-refractivity contribution in [2.24, 2.45) is 0 Å². The number of ketones is 1. The van der Waals surface area contributed by atoms with Crippen molar-refractivity contribution in [3.05, 3.63) is 33.6 Å². The van der Waals surface area contributed by atoms with Gasteiger partial charge in [0.15, 0.2) is 5.78 Å². The first-order chi connectivity index (χ1) is 6.92. The van der Waals surface area contributed by atoms with Gasteiger partial charge in [0.25, 0.3) is 0 Å². The van der Waals surface area contributed by atoms with E-state index in [1.54, 1.807) is 12.1 Å². The molecule has 0 bridgehead atoms. The van der Waals surface area contributed by atoms with Crippen LogP contribution in [0.3, 0.4) is 0 Å². The third-order valence-corrected chi connectivity index (χ3v) is 4.18. The second kappa shape index (κ2) is 3.28. The number of halogens is 1. The fourth-order valence-electron chi connectivity index (χ4n) is 1.51. The molecular formula is C10H7BrO3S. The molecular weight excluding hydrogens is 280 g/mol. The number of rotatable bonds is 1. The van der Waals surface area contributed by atoms with Gasteiger partial charge in [-0.15, -0.1) is 0 Å². The van der Waals surface area contributed by atoms with Crippen LogP contribution in [-0.4, -0.2) is 14.2 Å². The average Bonchev–Trinajstić information content (AvgIpc) is 2.39. The number of hydrogen-bond acceptors (Lipinski definition) is 3. The van der Waals surface area contributed by atoms with Crippen LogP contribution < -0.4 is 0 Å². The highest BCUT2D eigenvalue weighted by Gasteiger charge is 2.28. The van der Waals surface area contributed by atoms with Gasteiger partial charge >= 0.3 is 0 Å². The molecule has 1 aliphatic heterocycles. The topological polar surface area (TPSA) is 51.2 Å². The number of carbonyl (C=O) groups is 1. The molecule has 1 aromatic carbocycles. The van der Waals surface area contributed by atoms with E-state index in [2.05, 4.69) is 15.9 Å². The fraction of sp³-hybridized carbons (Fsp3) is 0.100. The van der Waals surface area contributed by atoms with Crippen LogP contribution in [-0.2, 0) is 14.6 Å². The van der Waals surface area contributed by atoms with Crippen molar-refractivity contribution in [2.45, 2.75) is 11.8 Å². The van der Waals surface area contributed by atoms with E-state index in [1.807, 2.05) is 0 Å². The highest BCUT2D eigenvalue weighted by molar-refractivity contribution is 9.10. The van der Waals surface area contributed by atoms with Crippen LogP contribution in [0, 0.1) is 0 Å². The third-order valence-electron chi connectivity index (χ3n) is 2.19. The number of allylic oxidation sites excluding steroid dienone is 1. The molecule has 0 saturated carbocycles. The molecule has 0 radical (unpaired) electrons. The third kappa shape index (κ3) is 1.66. The molecule has 0 N–H and O–H groups in total. The molecule has 78 valence electrons. The molecule has 3 nitrogen and oxygen atoms in total. The van der Waals surface area contributed by atoms with Crippen molar-refractivity contribution < 1.29 is 13.2 Å². The maximum Gasteiger partial charge on any atom is 0.201 e. The standard InChI is InChI=1S/C10H7BrO3S/c1-6(12)9-5-15(13,14)10-4-7(11)2-3-8(9)10/h2-5H,1H3. The van der Waals surface area contributed by atoms with E-state index in [4.69, 9.17) is 0 Å². The van der Waals surface area contributed by atoms with Crippen LogP contribution in [0.4, 0.5) is 0 Å². The molecule has 0 atom stereocenters. The monoisotopic (exact) mass is 286 g/mol. The Hall–Kier alpha value is -0.940. The van der Waals surface area contributed by atoms with Crippen molar-refractivity contribution in [1.29, 1.82) is 0 Å². The summed E-state index contributed by atoms with van der Waals surface area (Å²) >= 11 is 3.20. The molecule has 0 aliphatic carbocycles. The maximum atomic E-state index is 11.7. The van der Waals surface area contributed by atoms with E-state index in [0.29, 0.717) is 10.0 Å². The number of Topliss-reactive ketones (excluding diaryl/α,β-unsaturated/α-hetero) is 1. The summed E-state index contributed by atoms with van der Waals surface area (Å²) < 4.78 is 24.0. The Balaban J connectivity index is 2.79. The van der Waals surface area contributed by atoms with Gasteiger partial charge in [0, 0.05) is 21.0 Å². The number of benzene rings is 1. The van der Waals surface area contributed by atoms with Crippen LogP contribution in [0.5, 0.6) is 0 Å². The maximum absolute atomic E-state index is 11.7. The van der Waals surface area contributed by atoms with E-state index < -0.39 is 9.84 Å². The SMILES string of the molecule is CC(=O)C1=CS(=O)(=O)c2cc(Br)ccc21. The summed E-state index contributed by atoms with van der Waals surface area (Å²) in [6.45, 7) is 1.36. The second-order valence-electron chi connectivity index (χ2n) is 3.27.